The van der Waals surface area contributed by atoms with E-state index in [1.165, 1.54) is 29.5 Å². The summed E-state index contributed by atoms with van der Waals surface area (Å²) in [6.07, 6.45) is 1.10. The summed E-state index contributed by atoms with van der Waals surface area (Å²) in [4.78, 5) is 16.9. The van der Waals surface area contributed by atoms with Crippen LogP contribution in [0.15, 0.2) is 69.3 Å². The van der Waals surface area contributed by atoms with Gasteiger partial charge < -0.3 is 4.42 Å². The molecule has 2 heterocycles. The van der Waals surface area contributed by atoms with Crippen molar-refractivity contribution in [1.82, 2.24) is 4.98 Å². The number of aromatic nitrogens is 1. The third-order valence-corrected chi connectivity index (χ3v) is 5.79. The number of para-hydroxylation sites is 1. The molecule has 1 N–H and O–H groups in total. The molecule has 0 saturated carbocycles. The van der Waals surface area contributed by atoms with E-state index < -0.39 is 15.7 Å². The minimum atomic E-state index is -3.38. The van der Waals surface area contributed by atoms with Crippen molar-refractivity contribution in [3.05, 3.63) is 65.5 Å². The number of benzene rings is 2. The third-order valence-electron chi connectivity index (χ3n) is 3.93. The Bertz CT molecular complexity index is 1220. The van der Waals surface area contributed by atoms with Gasteiger partial charge in [0.25, 0.3) is 5.91 Å². The molecule has 0 bridgehead atoms. The van der Waals surface area contributed by atoms with Crippen molar-refractivity contribution in [2.45, 2.75) is 4.90 Å². The number of amides is 1. The normalized spacial score (nSPS) is 11.6. The Morgan fingerprint density at radius 3 is 2.70 bits per heavy atom. The lowest BCUT2D eigenvalue weighted by Crippen LogP contribution is -2.12. The highest BCUT2D eigenvalue weighted by Gasteiger charge is 2.15. The van der Waals surface area contributed by atoms with E-state index >= 15 is 0 Å². The molecule has 27 heavy (non-hydrogen) atoms. The van der Waals surface area contributed by atoms with Crippen LogP contribution in [0, 0.1) is 0 Å². The fraction of sp³-hybridized carbons (Fsp3) is 0.0526. The first-order chi connectivity index (χ1) is 12.9. The van der Waals surface area contributed by atoms with Crippen molar-refractivity contribution in [3.8, 4) is 11.5 Å². The number of hydrogen-bond acceptors (Lipinski definition) is 6. The van der Waals surface area contributed by atoms with Gasteiger partial charge in [-0.2, -0.15) is 0 Å². The average Bonchev–Trinajstić information content (AvgIpc) is 3.27. The summed E-state index contributed by atoms with van der Waals surface area (Å²) in [7, 11) is -3.38. The Balaban J connectivity index is 1.56. The molecule has 0 radical (unpaired) electrons. The van der Waals surface area contributed by atoms with Crippen LogP contribution in [0.5, 0.6) is 0 Å². The van der Waals surface area contributed by atoms with Gasteiger partial charge in [0.2, 0.25) is 0 Å². The highest BCUT2D eigenvalue weighted by atomic mass is 32.2. The van der Waals surface area contributed by atoms with E-state index in [0.29, 0.717) is 16.6 Å². The Labute approximate surface area is 159 Å². The molecular formula is C19H14N2O4S2. The Kier molecular flexibility index (Phi) is 4.29. The topological polar surface area (TPSA) is 89.3 Å². The van der Waals surface area contributed by atoms with E-state index in [0.717, 1.165) is 17.2 Å². The van der Waals surface area contributed by atoms with Crippen molar-refractivity contribution in [2.24, 2.45) is 0 Å². The summed E-state index contributed by atoms with van der Waals surface area (Å²) < 4.78 is 29.1. The first-order valence-corrected chi connectivity index (χ1v) is 10.7. The number of anilines is 1. The van der Waals surface area contributed by atoms with Crippen molar-refractivity contribution in [1.29, 1.82) is 0 Å². The van der Waals surface area contributed by atoms with Crippen LogP contribution in [0.2, 0.25) is 0 Å². The summed E-state index contributed by atoms with van der Waals surface area (Å²) in [5, 5.41) is 5.86. The highest BCUT2D eigenvalue weighted by Crippen LogP contribution is 2.30. The quantitative estimate of drug-likeness (QED) is 0.556. The smallest absolute Gasteiger partial charge is 0.257 e. The maximum atomic E-state index is 12.4. The lowest BCUT2D eigenvalue weighted by Gasteiger charge is -2.04. The molecule has 0 aliphatic carbocycles. The van der Waals surface area contributed by atoms with Crippen molar-refractivity contribution in [2.75, 3.05) is 11.6 Å². The number of thiazole rings is 1. The number of rotatable bonds is 4. The van der Waals surface area contributed by atoms with Gasteiger partial charge in [-0.25, -0.2) is 13.4 Å². The maximum Gasteiger partial charge on any atom is 0.257 e. The summed E-state index contributed by atoms with van der Waals surface area (Å²) in [5.41, 5.74) is 1.64. The van der Waals surface area contributed by atoms with Crippen LogP contribution in [0.3, 0.4) is 0 Å². The summed E-state index contributed by atoms with van der Waals surface area (Å²) >= 11 is 1.27. The Morgan fingerprint density at radius 2 is 1.93 bits per heavy atom. The fourth-order valence-corrected chi connectivity index (χ4v) is 3.95. The molecule has 8 heteroatoms. The van der Waals surface area contributed by atoms with Gasteiger partial charge in [-0.1, -0.05) is 24.3 Å². The monoisotopic (exact) mass is 398 g/mol. The number of nitrogens with zero attached hydrogens (tertiary/aromatic N) is 1. The SMILES string of the molecule is CS(=O)(=O)c1cccc(C(=O)Nc2nc(-c3cc4ccccc4o3)cs2)c1. The molecule has 2 aromatic carbocycles. The van der Waals surface area contributed by atoms with E-state index in [4.69, 9.17) is 4.42 Å². The van der Waals surface area contributed by atoms with Crippen LogP contribution in [0.1, 0.15) is 10.4 Å². The van der Waals surface area contributed by atoms with Crippen LogP contribution in [-0.4, -0.2) is 25.6 Å². The number of sulfone groups is 1. The zero-order valence-electron chi connectivity index (χ0n) is 14.2. The molecule has 0 unspecified atom stereocenters. The zero-order valence-corrected chi connectivity index (χ0v) is 15.8. The molecule has 2 aromatic heterocycles. The van der Waals surface area contributed by atoms with Gasteiger partial charge in [-0.3, -0.25) is 10.1 Å². The molecule has 1 amide bonds. The van der Waals surface area contributed by atoms with E-state index in [1.807, 2.05) is 30.3 Å². The van der Waals surface area contributed by atoms with Crippen LogP contribution >= 0.6 is 11.3 Å². The lowest BCUT2D eigenvalue weighted by atomic mass is 10.2. The van der Waals surface area contributed by atoms with Gasteiger partial charge >= 0.3 is 0 Å². The van der Waals surface area contributed by atoms with Gasteiger partial charge in [0.05, 0.1) is 4.90 Å². The number of fused-ring (bicyclic) bond motifs is 1. The molecule has 6 nitrogen and oxygen atoms in total. The molecular weight excluding hydrogens is 384 g/mol. The van der Waals surface area contributed by atoms with Crippen molar-refractivity contribution >= 4 is 43.2 Å². The fourth-order valence-electron chi connectivity index (χ4n) is 2.59. The van der Waals surface area contributed by atoms with Crippen molar-refractivity contribution < 1.29 is 17.6 Å². The standard InChI is InChI=1S/C19H14N2O4S2/c1-27(23,24)14-7-4-6-13(9-14)18(22)21-19-20-15(11-26-19)17-10-12-5-2-3-8-16(12)25-17/h2-11H,1H3,(H,20,21,22). The first kappa shape index (κ1) is 17.4. The predicted molar refractivity (Wildman–Crippen MR) is 105 cm³/mol. The largest absolute Gasteiger partial charge is 0.454 e. The van der Waals surface area contributed by atoms with Gasteiger partial charge in [0.15, 0.2) is 20.7 Å². The predicted octanol–water partition coefficient (Wildman–Crippen LogP) is 4.21. The molecule has 0 saturated heterocycles. The number of nitrogens with one attached hydrogen (secondary N) is 1. The van der Waals surface area contributed by atoms with E-state index in [-0.39, 0.29) is 10.5 Å². The molecule has 0 atom stereocenters. The maximum absolute atomic E-state index is 12.4. The van der Waals surface area contributed by atoms with Gasteiger partial charge in [0.1, 0.15) is 11.3 Å². The second kappa shape index (κ2) is 6.64. The Hall–Kier alpha value is -2.97. The molecule has 0 aliphatic heterocycles. The summed E-state index contributed by atoms with van der Waals surface area (Å²) in [5.74, 6) is 0.193. The summed E-state index contributed by atoms with van der Waals surface area (Å²) in [6.45, 7) is 0. The van der Waals surface area contributed by atoms with Crippen LogP contribution < -0.4 is 5.32 Å². The summed E-state index contributed by atoms with van der Waals surface area (Å²) in [6, 6.07) is 15.4. The average molecular weight is 398 g/mol. The second-order valence-corrected chi connectivity index (χ2v) is 8.81. The highest BCUT2D eigenvalue weighted by molar-refractivity contribution is 7.90. The molecule has 136 valence electrons. The Morgan fingerprint density at radius 1 is 1.11 bits per heavy atom. The van der Waals surface area contributed by atoms with Crippen LogP contribution in [0.25, 0.3) is 22.4 Å². The minimum absolute atomic E-state index is 0.0947. The van der Waals surface area contributed by atoms with E-state index in [9.17, 15) is 13.2 Å². The molecule has 0 aliphatic rings. The third kappa shape index (κ3) is 3.62. The molecule has 4 rings (SSSR count). The molecule has 0 fully saturated rings. The van der Waals surface area contributed by atoms with Gasteiger partial charge in [-0.05, 0) is 30.3 Å². The second-order valence-electron chi connectivity index (χ2n) is 5.94. The number of carbonyl (C=O) groups excluding carboxylic acids is 1. The van der Waals surface area contributed by atoms with E-state index in [1.54, 1.807) is 11.4 Å². The van der Waals surface area contributed by atoms with Crippen LogP contribution in [-0.2, 0) is 9.84 Å². The first-order valence-electron chi connectivity index (χ1n) is 7.96. The zero-order chi connectivity index (χ0) is 19.0. The number of carbonyl (C=O) groups is 1. The lowest BCUT2D eigenvalue weighted by molar-refractivity contribution is 0.102. The molecule has 0 spiro atoms. The van der Waals surface area contributed by atoms with Gasteiger partial charge in [0, 0.05) is 22.6 Å². The number of hydrogen-bond donors (Lipinski definition) is 1. The minimum Gasteiger partial charge on any atom is -0.454 e. The van der Waals surface area contributed by atoms with Gasteiger partial charge in [-0.15, -0.1) is 11.3 Å². The number of furan rings is 1. The van der Waals surface area contributed by atoms with Crippen molar-refractivity contribution in [3.63, 3.8) is 0 Å². The van der Waals surface area contributed by atoms with Crippen LogP contribution in [0.4, 0.5) is 5.13 Å². The molecule has 4 aromatic rings. The van der Waals surface area contributed by atoms with E-state index in [2.05, 4.69) is 10.3 Å².